The predicted octanol–water partition coefficient (Wildman–Crippen LogP) is 2.04. The van der Waals surface area contributed by atoms with Crippen LogP contribution >= 0.6 is 0 Å². The highest BCUT2D eigenvalue weighted by Gasteiger charge is 2.34. The Labute approximate surface area is 116 Å². The second-order valence-corrected chi connectivity index (χ2v) is 6.78. The molecule has 0 bridgehead atoms. The maximum Gasteiger partial charge on any atom is 0.425 e. The van der Waals surface area contributed by atoms with E-state index in [-0.39, 0.29) is 6.54 Å². The SMILES string of the molecule is C=CC[C@H](C)N(C(=O)OC(C)(C)C)S(=O)(=O)NCC. The van der Waals surface area contributed by atoms with Gasteiger partial charge in [-0.1, -0.05) is 13.0 Å². The lowest BCUT2D eigenvalue weighted by molar-refractivity contribution is 0.0347. The zero-order valence-corrected chi connectivity index (χ0v) is 13.1. The molecule has 0 aromatic rings. The molecule has 6 nitrogen and oxygen atoms in total. The zero-order valence-electron chi connectivity index (χ0n) is 12.3. The summed E-state index contributed by atoms with van der Waals surface area (Å²) in [5.74, 6) is 0. The van der Waals surface area contributed by atoms with Gasteiger partial charge in [0.25, 0.3) is 0 Å². The molecule has 0 aliphatic heterocycles. The van der Waals surface area contributed by atoms with E-state index >= 15 is 0 Å². The van der Waals surface area contributed by atoms with Crippen LogP contribution in [0.25, 0.3) is 0 Å². The molecule has 0 unspecified atom stereocenters. The third-order valence-electron chi connectivity index (χ3n) is 2.07. The topological polar surface area (TPSA) is 75.7 Å². The van der Waals surface area contributed by atoms with Crippen LogP contribution in [0, 0.1) is 0 Å². The predicted molar refractivity (Wildman–Crippen MR) is 74.9 cm³/mol. The first-order valence-corrected chi connectivity index (χ1v) is 7.62. The number of hydrogen-bond donors (Lipinski definition) is 1. The van der Waals surface area contributed by atoms with Gasteiger partial charge in [-0.2, -0.15) is 17.4 Å². The Morgan fingerprint density at radius 3 is 2.37 bits per heavy atom. The minimum absolute atomic E-state index is 0.197. The Balaban J connectivity index is 5.29. The van der Waals surface area contributed by atoms with E-state index in [1.165, 1.54) is 0 Å². The van der Waals surface area contributed by atoms with Gasteiger partial charge >= 0.3 is 16.3 Å². The van der Waals surface area contributed by atoms with E-state index in [0.717, 1.165) is 4.31 Å². The van der Waals surface area contributed by atoms with E-state index in [1.54, 1.807) is 40.7 Å². The molecule has 0 aromatic heterocycles. The number of nitrogens with one attached hydrogen (secondary N) is 1. The van der Waals surface area contributed by atoms with Crippen molar-refractivity contribution < 1.29 is 17.9 Å². The van der Waals surface area contributed by atoms with Crippen molar-refractivity contribution in [2.45, 2.75) is 52.7 Å². The molecule has 1 N–H and O–H groups in total. The number of ether oxygens (including phenoxy) is 1. The fourth-order valence-electron chi connectivity index (χ4n) is 1.41. The highest BCUT2D eigenvalue weighted by atomic mass is 32.2. The summed E-state index contributed by atoms with van der Waals surface area (Å²) >= 11 is 0. The van der Waals surface area contributed by atoms with Crippen molar-refractivity contribution in [3.63, 3.8) is 0 Å². The van der Waals surface area contributed by atoms with Gasteiger partial charge in [0.05, 0.1) is 6.04 Å². The first kappa shape index (κ1) is 17.9. The van der Waals surface area contributed by atoms with E-state index in [9.17, 15) is 13.2 Å². The maximum atomic E-state index is 12.1. The molecule has 0 aromatic carbocycles. The average Bonchev–Trinajstić information content (AvgIpc) is 2.13. The van der Waals surface area contributed by atoms with Crippen molar-refractivity contribution >= 4 is 16.3 Å². The summed E-state index contributed by atoms with van der Waals surface area (Å²) in [6.07, 6.45) is 1.02. The molecule has 0 saturated heterocycles. The van der Waals surface area contributed by atoms with E-state index in [4.69, 9.17) is 4.74 Å². The summed E-state index contributed by atoms with van der Waals surface area (Å²) in [5.41, 5.74) is -0.759. The molecule has 0 spiro atoms. The minimum atomic E-state index is -3.90. The highest BCUT2D eigenvalue weighted by molar-refractivity contribution is 7.87. The van der Waals surface area contributed by atoms with Crippen molar-refractivity contribution in [1.29, 1.82) is 0 Å². The fraction of sp³-hybridized carbons (Fsp3) is 0.750. The van der Waals surface area contributed by atoms with Gasteiger partial charge < -0.3 is 4.74 Å². The van der Waals surface area contributed by atoms with Crippen molar-refractivity contribution in [3.8, 4) is 0 Å². The lowest BCUT2D eigenvalue weighted by Gasteiger charge is -2.30. The normalized spacial score (nSPS) is 13.7. The van der Waals surface area contributed by atoms with Crippen LogP contribution in [0.3, 0.4) is 0 Å². The molecule has 19 heavy (non-hydrogen) atoms. The van der Waals surface area contributed by atoms with Crippen molar-refractivity contribution in [2.24, 2.45) is 0 Å². The number of rotatable bonds is 6. The average molecular weight is 292 g/mol. The van der Waals surface area contributed by atoms with Crippen LogP contribution in [-0.4, -0.2) is 37.0 Å². The fourth-order valence-corrected chi connectivity index (χ4v) is 2.71. The van der Waals surface area contributed by atoms with Crippen LogP contribution < -0.4 is 4.72 Å². The first-order valence-electron chi connectivity index (χ1n) is 6.18. The third kappa shape index (κ3) is 6.07. The molecule has 7 heteroatoms. The number of hydrogen-bond acceptors (Lipinski definition) is 4. The number of carbonyl (C=O) groups excluding carboxylic acids is 1. The van der Waals surface area contributed by atoms with Gasteiger partial charge in [0.2, 0.25) is 0 Å². The Kier molecular flexibility index (Phi) is 6.51. The van der Waals surface area contributed by atoms with Crippen LogP contribution in [0.15, 0.2) is 12.7 Å². The number of amides is 1. The highest BCUT2D eigenvalue weighted by Crippen LogP contribution is 2.16. The van der Waals surface area contributed by atoms with Gasteiger partial charge in [0, 0.05) is 6.54 Å². The molecule has 1 atom stereocenters. The van der Waals surface area contributed by atoms with Gasteiger partial charge in [-0.05, 0) is 34.1 Å². The molecule has 0 aliphatic rings. The van der Waals surface area contributed by atoms with E-state index in [2.05, 4.69) is 11.3 Å². The van der Waals surface area contributed by atoms with Crippen LogP contribution in [0.4, 0.5) is 4.79 Å². The molecule has 0 rings (SSSR count). The molecule has 1 amide bonds. The molecule has 0 fully saturated rings. The van der Waals surface area contributed by atoms with Gasteiger partial charge in [0.15, 0.2) is 0 Å². The molecule has 112 valence electrons. The van der Waals surface area contributed by atoms with E-state index in [1.807, 2.05) is 0 Å². The van der Waals surface area contributed by atoms with Crippen LogP contribution in [0.5, 0.6) is 0 Å². The number of carbonyl (C=O) groups is 1. The Morgan fingerprint density at radius 1 is 1.47 bits per heavy atom. The quantitative estimate of drug-likeness (QED) is 0.760. The third-order valence-corrected chi connectivity index (χ3v) is 3.75. The van der Waals surface area contributed by atoms with Crippen molar-refractivity contribution in [2.75, 3.05) is 6.54 Å². The van der Waals surface area contributed by atoms with Gasteiger partial charge in [-0.25, -0.2) is 4.79 Å². The minimum Gasteiger partial charge on any atom is -0.443 e. The van der Waals surface area contributed by atoms with Crippen LogP contribution in [-0.2, 0) is 14.9 Å². The van der Waals surface area contributed by atoms with Crippen LogP contribution in [0.1, 0.15) is 41.0 Å². The zero-order chi connectivity index (χ0) is 15.3. The lowest BCUT2D eigenvalue weighted by atomic mass is 10.2. The molecule has 0 heterocycles. The largest absolute Gasteiger partial charge is 0.443 e. The monoisotopic (exact) mass is 292 g/mol. The Bertz CT molecular complexity index is 412. The lowest BCUT2D eigenvalue weighted by Crippen LogP contribution is -2.50. The second-order valence-electron chi connectivity index (χ2n) is 5.15. The van der Waals surface area contributed by atoms with Gasteiger partial charge in [-0.3, -0.25) is 0 Å². The second kappa shape index (κ2) is 6.91. The molecule has 0 aliphatic carbocycles. The van der Waals surface area contributed by atoms with Crippen molar-refractivity contribution in [1.82, 2.24) is 9.03 Å². The standard InChI is InChI=1S/C12H24N2O4S/c1-7-9-10(3)14(19(16,17)13-8-2)11(15)18-12(4,5)6/h7,10,13H,1,8-9H2,2-6H3/t10-/m0/s1. The smallest absolute Gasteiger partial charge is 0.425 e. The molecular weight excluding hydrogens is 268 g/mol. The van der Waals surface area contributed by atoms with Crippen molar-refractivity contribution in [3.05, 3.63) is 12.7 Å². The summed E-state index contributed by atoms with van der Waals surface area (Å²) in [6, 6.07) is -0.559. The first-order chi connectivity index (χ1) is 8.55. The summed E-state index contributed by atoms with van der Waals surface area (Å²) < 4.78 is 32.3. The van der Waals surface area contributed by atoms with Gasteiger partial charge in [-0.15, -0.1) is 6.58 Å². The summed E-state index contributed by atoms with van der Waals surface area (Å²) in [6.45, 7) is 12.1. The maximum absolute atomic E-state index is 12.1. The molecule has 0 saturated carbocycles. The molecular formula is C12H24N2O4S. The Hall–Kier alpha value is -1.08. The summed E-state index contributed by atoms with van der Waals surface area (Å²) in [7, 11) is -3.90. The molecule has 0 radical (unpaired) electrons. The Morgan fingerprint density at radius 2 is 2.00 bits per heavy atom. The van der Waals surface area contributed by atoms with E-state index < -0.39 is 27.9 Å². The summed E-state index contributed by atoms with van der Waals surface area (Å²) in [5, 5.41) is 0. The number of nitrogens with zero attached hydrogens (tertiary/aromatic N) is 1. The summed E-state index contributed by atoms with van der Waals surface area (Å²) in [4.78, 5) is 12.0. The van der Waals surface area contributed by atoms with Crippen LogP contribution in [0.2, 0.25) is 0 Å². The van der Waals surface area contributed by atoms with E-state index in [0.29, 0.717) is 6.42 Å². The van der Waals surface area contributed by atoms with Gasteiger partial charge in [0.1, 0.15) is 5.60 Å².